The van der Waals surface area contributed by atoms with E-state index in [1.54, 1.807) is 0 Å². The first-order valence-electron chi connectivity index (χ1n) is 12.0. The van der Waals surface area contributed by atoms with Gasteiger partial charge >= 0.3 is 24.7 Å². The molecule has 1 aliphatic rings. The fourth-order valence-corrected chi connectivity index (χ4v) is 4.72. The molecule has 46 heavy (non-hydrogen) atoms. The van der Waals surface area contributed by atoms with Gasteiger partial charge in [-0.2, -0.15) is 73.7 Å². The van der Waals surface area contributed by atoms with Gasteiger partial charge in [0, 0.05) is 11.1 Å². The average molecular weight is 668 g/mol. The summed E-state index contributed by atoms with van der Waals surface area (Å²) in [5, 5.41) is 37.9. The molecule has 0 bridgehead atoms. The van der Waals surface area contributed by atoms with E-state index in [2.05, 4.69) is 0 Å². The highest BCUT2D eigenvalue weighted by Crippen LogP contribution is 2.54. The lowest BCUT2D eigenvalue weighted by Gasteiger charge is -2.34. The molecule has 0 heterocycles. The first-order chi connectivity index (χ1) is 21.0. The molecule has 0 fully saturated rings. The highest BCUT2D eigenvalue weighted by Gasteiger charge is 2.48. The van der Waals surface area contributed by atoms with Gasteiger partial charge in [-0.3, -0.25) is 0 Å². The molecular formula is C28H10F14N4. The Kier molecular flexibility index (Phi) is 9.24. The first-order valence-corrected chi connectivity index (χ1v) is 12.0. The van der Waals surface area contributed by atoms with Gasteiger partial charge in [-0.05, 0) is 47.5 Å². The Hall–Kier alpha value is -5.10. The Morgan fingerprint density at radius 2 is 0.652 bits per heavy atom. The molecule has 0 radical (unpaired) electrons. The van der Waals surface area contributed by atoms with Crippen molar-refractivity contribution in [3.8, 4) is 24.3 Å². The van der Waals surface area contributed by atoms with E-state index >= 15 is 8.78 Å². The number of nitriles is 4. The number of hydrogen-bond acceptors (Lipinski definition) is 4. The maximum Gasteiger partial charge on any atom is 0.416 e. The molecule has 0 amide bonds. The minimum absolute atomic E-state index is 0.141. The number of rotatable bonds is 4. The third-order valence-electron chi connectivity index (χ3n) is 6.70. The lowest BCUT2D eigenvalue weighted by molar-refractivity contribution is -0.144. The van der Waals surface area contributed by atoms with Crippen LogP contribution >= 0.6 is 0 Å². The Labute approximate surface area is 248 Å². The molecule has 2 atom stereocenters. The predicted molar refractivity (Wildman–Crippen MR) is 125 cm³/mol. The fourth-order valence-electron chi connectivity index (χ4n) is 4.72. The van der Waals surface area contributed by atoms with Gasteiger partial charge in [0.2, 0.25) is 0 Å². The van der Waals surface area contributed by atoms with E-state index in [-0.39, 0.29) is 24.3 Å². The molecule has 0 N–H and O–H groups in total. The van der Waals surface area contributed by atoms with Gasteiger partial charge in [-0.1, -0.05) is 0 Å². The second kappa shape index (κ2) is 12.0. The molecule has 0 aliphatic heterocycles. The van der Waals surface area contributed by atoms with Gasteiger partial charge in [0.15, 0.2) is 0 Å². The van der Waals surface area contributed by atoms with Gasteiger partial charge in [-0.15, -0.1) is 0 Å². The third-order valence-corrected chi connectivity index (χ3v) is 6.70. The summed E-state index contributed by atoms with van der Waals surface area (Å²) in [7, 11) is 0. The van der Waals surface area contributed by atoms with Gasteiger partial charge in [0.1, 0.15) is 23.5 Å². The van der Waals surface area contributed by atoms with Crippen LogP contribution in [0.15, 0.2) is 48.1 Å². The lowest BCUT2D eigenvalue weighted by Crippen LogP contribution is -2.28. The molecule has 4 nitrogen and oxygen atoms in total. The number of halogens is 14. The molecule has 3 rings (SSSR count). The maximum atomic E-state index is 16.5. The molecule has 240 valence electrons. The number of alkyl halides is 12. The summed E-state index contributed by atoms with van der Waals surface area (Å²) in [5.74, 6) is -15.2. The summed E-state index contributed by atoms with van der Waals surface area (Å²) in [6, 6.07) is 3.02. The minimum Gasteiger partial charge on any atom is -0.211 e. The van der Waals surface area contributed by atoms with E-state index in [4.69, 9.17) is 0 Å². The number of hydrogen-bond donors (Lipinski definition) is 0. The molecule has 2 aromatic rings. The topological polar surface area (TPSA) is 95.2 Å². The fraction of sp³-hybridized carbons (Fsp3) is 0.286. The maximum absolute atomic E-state index is 16.5. The van der Waals surface area contributed by atoms with Crippen molar-refractivity contribution in [1.29, 1.82) is 21.0 Å². The minimum atomic E-state index is -5.58. The Morgan fingerprint density at radius 1 is 0.435 bits per heavy atom. The Balaban J connectivity index is 2.60. The molecule has 18 heteroatoms. The van der Waals surface area contributed by atoms with Crippen LogP contribution in [-0.4, -0.2) is 0 Å². The van der Waals surface area contributed by atoms with Crippen LogP contribution < -0.4 is 0 Å². The second-order valence-electron chi connectivity index (χ2n) is 9.54. The van der Waals surface area contributed by atoms with E-state index in [9.17, 15) is 73.7 Å². The van der Waals surface area contributed by atoms with Crippen molar-refractivity contribution in [2.45, 2.75) is 24.7 Å². The van der Waals surface area contributed by atoms with Crippen LogP contribution in [0.4, 0.5) is 61.5 Å². The summed E-state index contributed by atoms with van der Waals surface area (Å²) in [4.78, 5) is 0. The van der Waals surface area contributed by atoms with Crippen LogP contribution in [0, 0.1) is 69.0 Å². The summed E-state index contributed by atoms with van der Waals surface area (Å²) in [5.41, 5.74) is -14.5. The van der Waals surface area contributed by atoms with Gasteiger partial charge in [-0.25, -0.2) is 8.78 Å². The molecule has 0 aromatic heterocycles. The van der Waals surface area contributed by atoms with Crippen molar-refractivity contribution >= 4 is 11.1 Å². The molecule has 2 aromatic carbocycles. The summed E-state index contributed by atoms with van der Waals surface area (Å²) < 4.78 is 196. The highest BCUT2D eigenvalue weighted by atomic mass is 19.4. The normalized spacial score (nSPS) is 17.9. The first kappa shape index (κ1) is 35.4. The number of nitrogens with zero attached hydrogens (tertiary/aromatic N) is 4. The summed E-state index contributed by atoms with van der Waals surface area (Å²) in [6.45, 7) is 0. The molecule has 2 unspecified atom stereocenters. The summed E-state index contributed by atoms with van der Waals surface area (Å²) in [6.07, 6.45) is -22.3. The number of allylic oxidation sites excluding steroid dienone is 4. The second-order valence-corrected chi connectivity index (χ2v) is 9.54. The molecule has 0 spiro atoms. The summed E-state index contributed by atoms with van der Waals surface area (Å²) >= 11 is 0. The van der Waals surface area contributed by atoms with E-state index in [1.807, 2.05) is 0 Å². The van der Waals surface area contributed by atoms with E-state index in [0.29, 0.717) is 0 Å². The van der Waals surface area contributed by atoms with E-state index in [0.717, 1.165) is 24.3 Å². The van der Waals surface area contributed by atoms with Crippen molar-refractivity contribution in [3.63, 3.8) is 0 Å². The third kappa shape index (κ3) is 6.76. The zero-order valence-corrected chi connectivity index (χ0v) is 21.9. The van der Waals surface area contributed by atoms with Crippen LogP contribution in [-0.2, 0) is 24.7 Å². The van der Waals surface area contributed by atoms with Crippen LogP contribution in [0.25, 0.3) is 11.1 Å². The molecule has 1 aliphatic carbocycles. The largest absolute Gasteiger partial charge is 0.416 e. The SMILES string of the molecule is N#CC(C#N)C1C(F)=C(c2cc(C(F)(F)F)cc(C(F)(F)F)c2)C(C(C#N)C#N)C(F)=C1c1cc(C(F)(F)F)cc(C(F)(F)F)c1. The zero-order chi connectivity index (χ0) is 35.2. The monoisotopic (exact) mass is 668 g/mol. The van der Waals surface area contributed by atoms with Crippen LogP contribution in [0.1, 0.15) is 33.4 Å². The Morgan fingerprint density at radius 3 is 0.826 bits per heavy atom. The molecular weight excluding hydrogens is 658 g/mol. The molecule has 0 saturated carbocycles. The van der Waals surface area contributed by atoms with Crippen LogP contribution in [0.2, 0.25) is 0 Å². The number of benzene rings is 2. The van der Waals surface area contributed by atoms with Crippen molar-refractivity contribution < 1.29 is 61.5 Å². The van der Waals surface area contributed by atoms with E-state index in [1.165, 1.54) is 0 Å². The average Bonchev–Trinajstić information content (AvgIpc) is 2.94. The predicted octanol–water partition coefficient (Wildman–Crippen LogP) is 9.40. The van der Waals surface area contributed by atoms with Gasteiger partial charge < -0.3 is 0 Å². The standard InChI is InChI=1S/C28H10F14N4/c29-23-19(11-1-15(25(31,32)33)5-16(2-11)26(34,35)36)21(13(7-43)8-44)24(30)20(22(23)14(9-45)10-46)12-3-17(27(37,38)39)6-18(4-12)28(40,41)42/h1-6,13-14,21-22H. The highest BCUT2D eigenvalue weighted by molar-refractivity contribution is 5.86. The lowest BCUT2D eigenvalue weighted by atomic mass is 9.69. The van der Waals surface area contributed by atoms with Crippen molar-refractivity contribution in [2.24, 2.45) is 23.7 Å². The van der Waals surface area contributed by atoms with Gasteiger partial charge in [0.05, 0.1) is 58.4 Å². The Bertz CT molecular complexity index is 1560. The smallest absolute Gasteiger partial charge is 0.211 e. The zero-order valence-electron chi connectivity index (χ0n) is 21.9. The van der Waals surface area contributed by atoms with Crippen molar-refractivity contribution in [1.82, 2.24) is 0 Å². The van der Waals surface area contributed by atoms with Crippen molar-refractivity contribution in [2.75, 3.05) is 0 Å². The molecule has 0 saturated heterocycles. The van der Waals surface area contributed by atoms with Gasteiger partial charge in [0.25, 0.3) is 0 Å². The van der Waals surface area contributed by atoms with Crippen molar-refractivity contribution in [3.05, 3.63) is 81.4 Å². The van der Waals surface area contributed by atoms with Crippen LogP contribution in [0.5, 0.6) is 0 Å². The van der Waals surface area contributed by atoms with Crippen LogP contribution in [0.3, 0.4) is 0 Å². The quantitative estimate of drug-likeness (QED) is 0.304. The van der Waals surface area contributed by atoms with E-state index < -0.39 is 117 Å².